The fourth-order valence-corrected chi connectivity index (χ4v) is 8.52. The van der Waals surface area contributed by atoms with Crippen LogP contribution in [0.15, 0.2) is 97.1 Å². The molecule has 0 amide bonds. The fraction of sp³-hybridized carbons (Fsp3) is 0.500. The van der Waals surface area contributed by atoms with Crippen LogP contribution in [0.2, 0.25) is 18.1 Å². The van der Waals surface area contributed by atoms with Gasteiger partial charge < -0.3 is 32.9 Å². The van der Waals surface area contributed by atoms with E-state index in [0.29, 0.717) is 12.0 Å². The van der Waals surface area contributed by atoms with Crippen LogP contribution in [0.25, 0.3) is 0 Å². The van der Waals surface area contributed by atoms with Crippen molar-refractivity contribution in [2.45, 2.75) is 115 Å². The molecule has 0 radical (unpaired) electrons. The van der Waals surface area contributed by atoms with Gasteiger partial charge in [0.2, 0.25) is 0 Å². The molecule has 2 aliphatic rings. The van der Waals surface area contributed by atoms with Crippen LogP contribution in [-0.2, 0) is 52.8 Å². The number of carbonyl (C=O) groups is 2. The minimum Gasteiger partial charge on any atom is -0.497 e. The average Bonchev–Trinajstić information content (AvgIpc) is 3.94. The van der Waals surface area contributed by atoms with Crippen LogP contribution in [-0.4, -0.2) is 64.1 Å². The van der Waals surface area contributed by atoms with E-state index >= 15 is 4.79 Å². The molecule has 1 aliphatic heterocycles. The van der Waals surface area contributed by atoms with Gasteiger partial charge in [0.1, 0.15) is 18.1 Å². The second-order valence-corrected chi connectivity index (χ2v) is 21.3. The maximum atomic E-state index is 15.4. The van der Waals surface area contributed by atoms with Gasteiger partial charge in [0.25, 0.3) is 0 Å². The number of Topliss-reactive ketones (excluding diaryl/α,β-unsaturated/α-hetero) is 1. The summed E-state index contributed by atoms with van der Waals surface area (Å²) in [4.78, 5) is 27.1. The molecule has 9 heteroatoms. The number of hydrogen-bond acceptors (Lipinski definition) is 8. The maximum Gasteiger partial charge on any atom is 0.199 e. The van der Waals surface area contributed by atoms with E-state index < -0.39 is 49.7 Å². The van der Waals surface area contributed by atoms with Crippen LogP contribution in [0, 0.1) is 11.3 Å². The first kappa shape index (κ1) is 40.7. The van der Waals surface area contributed by atoms with Crippen molar-refractivity contribution in [1.82, 2.24) is 0 Å². The van der Waals surface area contributed by atoms with Gasteiger partial charge in [-0.3, -0.25) is 4.79 Å². The summed E-state index contributed by atoms with van der Waals surface area (Å²) in [6, 6.07) is 27.6. The summed E-state index contributed by atoms with van der Waals surface area (Å²) in [5.74, 6) is -0.0666. The molecular weight excluding hydrogens is 685 g/mol. The van der Waals surface area contributed by atoms with Gasteiger partial charge in [-0.25, -0.2) is 0 Å². The number of benzene rings is 3. The summed E-state index contributed by atoms with van der Waals surface area (Å²) in [6.45, 7) is 20.6. The molecule has 3 aromatic carbocycles. The lowest BCUT2D eigenvalue weighted by Crippen LogP contribution is -2.66. The van der Waals surface area contributed by atoms with Crippen LogP contribution in [0.1, 0.15) is 64.2 Å². The smallest absolute Gasteiger partial charge is 0.199 e. The standard InChI is InChI=1S/C44H58O8Si/c1-31(17-16-26-45)36-37(48-27-32-18-12-10-13-19-32)40(50-29-34-22-24-35(47-7)25-23-34)43(5,6)41(52-53(8,9)42(2,3)4)38(39(46)44(36)30-51-44)49-28-33-20-14-11-15-21-33/h10-15,18-26,36-38,40-41H,1,16-17,27-30H2,2-9H3/t36-,37-,38-,40-,41-,44?/m0/s1. The molecule has 1 spiro atoms. The Balaban J connectivity index is 1.68. The predicted octanol–water partition coefficient (Wildman–Crippen LogP) is 8.67. The van der Waals surface area contributed by atoms with Crippen LogP contribution in [0.4, 0.5) is 0 Å². The van der Waals surface area contributed by atoms with Crippen molar-refractivity contribution in [3.8, 4) is 5.75 Å². The molecule has 1 unspecified atom stereocenters. The minimum absolute atomic E-state index is 0.166. The molecule has 1 heterocycles. The third-order valence-corrected chi connectivity index (χ3v) is 15.9. The van der Waals surface area contributed by atoms with Crippen molar-refractivity contribution < 1.29 is 37.7 Å². The first-order valence-corrected chi connectivity index (χ1v) is 21.6. The molecule has 3 aromatic rings. The summed E-state index contributed by atoms with van der Waals surface area (Å²) >= 11 is 0. The third kappa shape index (κ3) is 9.27. The van der Waals surface area contributed by atoms with Crippen LogP contribution in [0.3, 0.4) is 0 Å². The van der Waals surface area contributed by atoms with E-state index in [1.165, 1.54) is 0 Å². The zero-order chi connectivity index (χ0) is 38.4. The first-order chi connectivity index (χ1) is 25.1. The van der Waals surface area contributed by atoms with Gasteiger partial charge in [0.15, 0.2) is 19.7 Å². The van der Waals surface area contributed by atoms with Gasteiger partial charge in [-0.2, -0.15) is 0 Å². The van der Waals surface area contributed by atoms with Crippen molar-refractivity contribution >= 4 is 20.4 Å². The SMILES string of the molecule is C=C(CCC=O)[C@H]1[C@H](OCc2ccccc2)[C@H](OCc2ccc(OC)cc2)C(C)(C)[C@@H](O[Si](C)(C)C(C)(C)C)[C@@H](OCc2ccccc2)C(=O)C12CO2. The molecule has 0 aromatic heterocycles. The summed E-state index contributed by atoms with van der Waals surface area (Å²) in [7, 11) is -0.898. The molecule has 6 atom stereocenters. The minimum atomic E-state index is -2.54. The van der Waals surface area contributed by atoms with E-state index in [4.69, 9.17) is 28.1 Å². The Bertz CT molecular complexity index is 1660. The number of ether oxygens (including phenoxy) is 5. The quantitative estimate of drug-likeness (QED) is 0.0624. The van der Waals surface area contributed by atoms with Crippen LogP contribution >= 0.6 is 0 Å². The van der Waals surface area contributed by atoms with E-state index in [-0.39, 0.29) is 43.7 Å². The largest absolute Gasteiger partial charge is 0.497 e. The molecule has 1 saturated carbocycles. The average molecular weight is 743 g/mol. The number of ketones is 1. The lowest BCUT2D eigenvalue weighted by molar-refractivity contribution is -0.209. The molecular formula is C44H58O8Si. The Hall–Kier alpha value is -3.44. The number of aldehydes is 1. The number of carbonyl (C=O) groups excluding carboxylic acids is 2. The first-order valence-electron chi connectivity index (χ1n) is 18.7. The third-order valence-electron chi connectivity index (χ3n) is 11.4. The number of epoxide rings is 1. The monoisotopic (exact) mass is 742 g/mol. The van der Waals surface area contributed by atoms with E-state index in [2.05, 4.69) is 54.3 Å². The highest BCUT2D eigenvalue weighted by molar-refractivity contribution is 6.74. The van der Waals surface area contributed by atoms with Gasteiger partial charge in [-0.1, -0.05) is 120 Å². The van der Waals surface area contributed by atoms with Crippen LogP contribution in [0.5, 0.6) is 5.75 Å². The molecule has 8 nitrogen and oxygen atoms in total. The lowest BCUT2D eigenvalue weighted by atomic mass is 9.64. The summed E-state index contributed by atoms with van der Waals surface area (Å²) < 4.78 is 40.1. The summed E-state index contributed by atoms with van der Waals surface area (Å²) in [5.41, 5.74) is 1.43. The Kier molecular flexibility index (Phi) is 13.0. The zero-order valence-electron chi connectivity index (χ0n) is 32.8. The van der Waals surface area contributed by atoms with Gasteiger partial charge in [-0.05, 0) is 53.4 Å². The van der Waals surface area contributed by atoms with Gasteiger partial charge in [0.05, 0.1) is 51.8 Å². The zero-order valence-corrected chi connectivity index (χ0v) is 33.8. The highest BCUT2D eigenvalue weighted by atomic mass is 28.4. The molecule has 1 saturated heterocycles. The van der Waals surface area contributed by atoms with Crippen molar-refractivity contribution in [3.05, 3.63) is 114 Å². The topological polar surface area (TPSA) is 92.8 Å². The summed E-state index contributed by atoms with van der Waals surface area (Å²) in [5, 5.41) is -0.166. The van der Waals surface area contributed by atoms with Crippen molar-refractivity contribution in [3.63, 3.8) is 0 Å². The molecule has 0 bridgehead atoms. The fourth-order valence-electron chi connectivity index (χ4n) is 7.11. The number of methoxy groups -OCH3 is 1. The van der Waals surface area contributed by atoms with Crippen LogP contribution < -0.4 is 4.74 Å². The number of hydrogen-bond donors (Lipinski definition) is 0. The highest BCUT2D eigenvalue weighted by Gasteiger charge is 2.69. The van der Waals surface area contributed by atoms with Crippen molar-refractivity contribution in [1.29, 1.82) is 0 Å². The Labute approximate surface area is 317 Å². The van der Waals surface area contributed by atoms with E-state index in [1.54, 1.807) is 7.11 Å². The molecule has 2 fully saturated rings. The molecule has 1 aliphatic carbocycles. The Morgan fingerprint density at radius 2 is 1.38 bits per heavy atom. The van der Waals surface area contributed by atoms with Crippen molar-refractivity contribution in [2.75, 3.05) is 13.7 Å². The number of rotatable bonds is 16. The molecule has 5 rings (SSSR count). The second kappa shape index (κ2) is 16.9. The Morgan fingerprint density at radius 3 is 1.89 bits per heavy atom. The lowest BCUT2D eigenvalue weighted by Gasteiger charge is -2.53. The molecule has 0 N–H and O–H groups in total. The second-order valence-electron chi connectivity index (χ2n) is 16.6. The molecule has 53 heavy (non-hydrogen) atoms. The van der Waals surface area contributed by atoms with Gasteiger partial charge in [0, 0.05) is 17.8 Å². The van der Waals surface area contributed by atoms with E-state index in [0.717, 1.165) is 28.7 Å². The predicted molar refractivity (Wildman–Crippen MR) is 209 cm³/mol. The summed E-state index contributed by atoms with van der Waals surface area (Å²) in [6.07, 6.45) is -1.54. The van der Waals surface area contributed by atoms with E-state index in [9.17, 15) is 4.79 Å². The van der Waals surface area contributed by atoms with Gasteiger partial charge >= 0.3 is 0 Å². The normalized spacial score (nSPS) is 25.7. The molecule has 286 valence electrons. The Morgan fingerprint density at radius 1 is 0.849 bits per heavy atom. The highest BCUT2D eigenvalue weighted by Crippen LogP contribution is 2.53. The van der Waals surface area contributed by atoms with Gasteiger partial charge in [-0.15, -0.1) is 0 Å². The maximum absolute atomic E-state index is 15.4. The van der Waals surface area contributed by atoms with Crippen molar-refractivity contribution in [2.24, 2.45) is 11.3 Å². The van der Waals surface area contributed by atoms with E-state index in [1.807, 2.05) is 84.9 Å².